The van der Waals surface area contributed by atoms with E-state index in [1.54, 1.807) is 31.6 Å². The van der Waals surface area contributed by atoms with Crippen molar-refractivity contribution < 1.29 is 4.39 Å². The summed E-state index contributed by atoms with van der Waals surface area (Å²) in [6.07, 6.45) is 4.75. The average molecular weight is 207 g/mol. The summed E-state index contributed by atoms with van der Waals surface area (Å²) >= 11 is 0. The highest BCUT2D eigenvalue weighted by Crippen LogP contribution is 2.11. The predicted molar refractivity (Wildman–Crippen MR) is 60.0 cm³/mol. The highest BCUT2D eigenvalue weighted by atomic mass is 19.1. The number of nitrogens with one attached hydrogen (secondary N) is 1. The second-order valence-electron chi connectivity index (χ2n) is 2.96. The lowest BCUT2D eigenvalue weighted by atomic mass is 10.1. The van der Waals surface area contributed by atoms with E-state index < -0.39 is 0 Å². The monoisotopic (exact) mass is 207 g/mol. The van der Waals surface area contributed by atoms with Crippen LogP contribution in [0.25, 0.3) is 0 Å². The summed E-state index contributed by atoms with van der Waals surface area (Å²) in [6, 6.07) is 6.16. The van der Waals surface area contributed by atoms with E-state index in [0.29, 0.717) is 0 Å². The van der Waals surface area contributed by atoms with Crippen LogP contribution in [0.2, 0.25) is 0 Å². The van der Waals surface area contributed by atoms with Crippen molar-refractivity contribution >= 4 is 6.21 Å². The molecule has 0 spiro atoms. The zero-order chi connectivity index (χ0) is 11.1. The molecule has 0 aliphatic carbocycles. The van der Waals surface area contributed by atoms with Gasteiger partial charge in [-0.05, 0) is 17.7 Å². The Morgan fingerprint density at radius 2 is 2.07 bits per heavy atom. The maximum atomic E-state index is 12.7. The van der Waals surface area contributed by atoms with Crippen LogP contribution in [0, 0.1) is 5.82 Å². The van der Waals surface area contributed by atoms with Gasteiger partial charge in [0.1, 0.15) is 5.82 Å². The summed E-state index contributed by atoms with van der Waals surface area (Å²) in [5.74, 6) is -0.250. The quantitative estimate of drug-likeness (QED) is 0.736. The van der Waals surface area contributed by atoms with E-state index >= 15 is 0 Å². The molecule has 80 valence electrons. The molecule has 1 atom stereocenters. The van der Waals surface area contributed by atoms with Gasteiger partial charge in [-0.25, -0.2) is 4.39 Å². The molecule has 0 amide bonds. The van der Waals surface area contributed by atoms with Crippen LogP contribution in [-0.4, -0.2) is 13.3 Å². The molecule has 0 saturated heterocycles. The lowest BCUT2D eigenvalue weighted by Gasteiger charge is -2.12. The molecular weight excluding hydrogens is 193 g/mol. The minimum Gasteiger partial charge on any atom is -0.403 e. The van der Waals surface area contributed by atoms with Crippen LogP contribution in [-0.2, 0) is 0 Å². The molecule has 0 radical (unpaired) electrons. The van der Waals surface area contributed by atoms with Crippen LogP contribution < -0.4 is 11.1 Å². The number of halogens is 1. The number of aliphatic imine (C=N–C) groups is 1. The molecule has 15 heavy (non-hydrogen) atoms. The van der Waals surface area contributed by atoms with Gasteiger partial charge in [0.25, 0.3) is 0 Å². The fourth-order valence-electron chi connectivity index (χ4n) is 1.20. The van der Waals surface area contributed by atoms with Crippen molar-refractivity contribution in [2.75, 3.05) is 7.05 Å². The molecule has 0 saturated carbocycles. The van der Waals surface area contributed by atoms with Gasteiger partial charge in [0.15, 0.2) is 0 Å². The Morgan fingerprint density at radius 3 is 2.60 bits per heavy atom. The molecule has 3 nitrogen and oxygen atoms in total. The predicted octanol–water partition coefficient (Wildman–Crippen LogP) is 1.59. The standard InChI is InChI=1S/C11H14FN3/c1-14-8-11(15-7-6-13)9-2-4-10(12)5-3-9/h2-8,11,15H,13H2,1H3/b7-6+,14-8?. The summed E-state index contributed by atoms with van der Waals surface area (Å²) in [5, 5.41) is 3.03. The van der Waals surface area contributed by atoms with Gasteiger partial charge >= 0.3 is 0 Å². The average Bonchev–Trinajstić information content (AvgIpc) is 2.25. The first kappa shape index (κ1) is 11.2. The maximum absolute atomic E-state index is 12.7. The fourth-order valence-corrected chi connectivity index (χ4v) is 1.20. The number of hydrogen-bond donors (Lipinski definition) is 2. The first-order valence-electron chi connectivity index (χ1n) is 4.58. The van der Waals surface area contributed by atoms with Gasteiger partial charge in [-0.2, -0.15) is 0 Å². The lowest BCUT2D eigenvalue weighted by molar-refractivity contribution is 0.626. The van der Waals surface area contributed by atoms with E-state index in [1.165, 1.54) is 18.3 Å². The topological polar surface area (TPSA) is 50.4 Å². The third-order valence-corrected chi connectivity index (χ3v) is 1.90. The van der Waals surface area contributed by atoms with Gasteiger partial charge in [0.2, 0.25) is 0 Å². The van der Waals surface area contributed by atoms with E-state index in [1.807, 2.05) is 0 Å². The first-order chi connectivity index (χ1) is 7.27. The van der Waals surface area contributed by atoms with Crippen LogP contribution in [0.1, 0.15) is 11.6 Å². The molecule has 0 aliphatic heterocycles. The molecule has 1 aromatic rings. The summed E-state index contributed by atoms with van der Waals surface area (Å²) in [6.45, 7) is 0. The van der Waals surface area contributed by atoms with Crippen molar-refractivity contribution in [3.8, 4) is 0 Å². The van der Waals surface area contributed by atoms with Crippen LogP contribution in [0.5, 0.6) is 0 Å². The van der Waals surface area contributed by atoms with Crippen LogP contribution >= 0.6 is 0 Å². The summed E-state index contributed by atoms with van der Waals surface area (Å²) in [4.78, 5) is 3.93. The largest absolute Gasteiger partial charge is 0.403 e. The molecule has 0 heterocycles. The minimum atomic E-state index is -0.250. The van der Waals surface area contributed by atoms with Crippen molar-refractivity contribution in [3.63, 3.8) is 0 Å². The number of rotatable bonds is 4. The molecule has 0 fully saturated rings. The Morgan fingerprint density at radius 1 is 1.40 bits per heavy atom. The zero-order valence-corrected chi connectivity index (χ0v) is 8.52. The molecule has 1 unspecified atom stereocenters. The Kier molecular flexibility index (Phi) is 4.34. The first-order valence-corrected chi connectivity index (χ1v) is 4.58. The van der Waals surface area contributed by atoms with Crippen molar-refractivity contribution in [2.24, 2.45) is 10.7 Å². The van der Waals surface area contributed by atoms with Gasteiger partial charge in [0.05, 0.1) is 6.04 Å². The third-order valence-electron chi connectivity index (χ3n) is 1.90. The fraction of sp³-hybridized carbons (Fsp3) is 0.182. The van der Waals surface area contributed by atoms with E-state index in [-0.39, 0.29) is 11.9 Å². The number of benzene rings is 1. The summed E-state index contributed by atoms with van der Waals surface area (Å²) in [7, 11) is 1.68. The van der Waals surface area contributed by atoms with Crippen LogP contribution in [0.15, 0.2) is 41.7 Å². The van der Waals surface area contributed by atoms with Gasteiger partial charge in [0, 0.05) is 25.7 Å². The van der Waals surface area contributed by atoms with Crippen molar-refractivity contribution in [1.82, 2.24) is 5.32 Å². The van der Waals surface area contributed by atoms with Crippen molar-refractivity contribution in [3.05, 3.63) is 48.0 Å². The second-order valence-corrected chi connectivity index (χ2v) is 2.96. The Balaban J connectivity index is 2.83. The summed E-state index contributed by atoms with van der Waals surface area (Å²) < 4.78 is 12.7. The van der Waals surface area contributed by atoms with E-state index in [9.17, 15) is 4.39 Å². The van der Waals surface area contributed by atoms with Gasteiger partial charge in [-0.1, -0.05) is 12.1 Å². The lowest BCUT2D eigenvalue weighted by Crippen LogP contribution is -2.17. The highest BCUT2D eigenvalue weighted by molar-refractivity contribution is 5.67. The minimum absolute atomic E-state index is 0.0876. The van der Waals surface area contributed by atoms with Gasteiger partial charge < -0.3 is 11.1 Å². The van der Waals surface area contributed by atoms with Crippen molar-refractivity contribution in [2.45, 2.75) is 6.04 Å². The van der Waals surface area contributed by atoms with E-state index in [0.717, 1.165) is 5.56 Å². The van der Waals surface area contributed by atoms with Crippen molar-refractivity contribution in [1.29, 1.82) is 0 Å². The Hall–Kier alpha value is -1.84. The smallest absolute Gasteiger partial charge is 0.123 e. The molecule has 1 rings (SSSR count). The zero-order valence-electron chi connectivity index (χ0n) is 8.52. The maximum Gasteiger partial charge on any atom is 0.123 e. The second kappa shape index (κ2) is 5.80. The highest BCUT2D eigenvalue weighted by Gasteiger charge is 2.05. The van der Waals surface area contributed by atoms with Crippen LogP contribution in [0.4, 0.5) is 4.39 Å². The Bertz CT molecular complexity index is 343. The van der Waals surface area contributed by atoms with E-state index in [4.69, 9.17) is 5.73 Å². The number of nitrogens with zero attached hydrogens (tertiary/aromatic N) is 1. The molecule has 0 aromatic heterocycles. The molecule has 3 N–H and O–H groups in total. The van der Waals surface area contributed by atoms with Gasteiger partial charge in [-0.3, -0.25) is 4.99 Å². The van der Waals surface area contributed by atoms with E-state index in [2.05, 4.69) is 10.3 Å². The summed E-state index contributed by atoms with van der Waals surface area (Å²) in [5.41, 5.74) is 6.16. The molecule has 0 bridgehead atoms. The molecular formula is C11H14FN3. The third kappa shape index (κ3) is 3.42. The van der Waals surface area contributed by atoms with Crippen LogP contribution in [0.3, 0.4) is 0 Å². The molecule has 0 aliphatic rings. The van der Waals surface area contributed by atoms with Gasteiger partial charge in [-0.15, -0.1) is 0 Å². The SMILES string of the molecule is CN=CC(N/C=C/N)c1ccc(F)cc1. The molecule has 4 heteroatoms. The normalized spacial score (nSPS) is 13.5. The molecule has 1 aromatic carbocycles. The number of nitrogens with two attached hydrogens (primary N) is 1. The number of hydrogen-bond acceptors (Lipinski definition) is 3. The Labute approximate surface area is 88.5 Å².